The van der Waals surface area contributed by atoms with Gasteiger partial charge in [-0.3, -0.25) is 5.73 Å². The molecule has 0 bridgehead atoms. The first-order valence-corrected chi connectivity index (χ1v) is 2.69. The highest BCUT2D eigenvalue weighted by molar-refractivity contribution is 5.38. The third-order valence-corrected chi connectivity index (χ3v) is 1.21. The van der Waals surface area contributed by atoms with Crippen LogP contribution in [0.5, 0.6) is 0 Å². The third-order valence-electron chi connectivity index (χ3n) is 1.21. The van der Waals surface area contributed by atoms with Crippen LogP contribution in [-0.4, -0.2) is 0 Å². The summed E-state index contributed by atoms with van der Waals surface area (Å²) in [6, 6.07) is 0. The van der Waals surface area contributed by atoms with Crippen LogP contribution in [0.15, 0.2) is 0 Å². The second-order valence-electron chi connectivity index (χ2n) is 1.94. The van der Waals surface area contributed by atoms with Gasteiger partial charge < -0.3 is 0 Å². The van der Waals surface area contributed by atoms with Crippen molar-refractivity contribution < 1.29 is 22.0 Å². The second-order valence-corrected chi connectivity index (χ2v) is 1.94. The van der Waals surface area contributed by atoms with Gasteiger partial charge in [-0.05, 0) is 0 Å². The van der Waals surface area contributed by atoms with E-state index in [2.05, 4.69) is 0 Å². The first kappa shape index (κ1) is 8.76. The SMILES string of the molecule is [NH]c1c(F)c(F)c(F)c(F)c1F. The summed E-state index contributed by atoms with van der Waals surface area (Å²) in [4.78, 5) is 0. The standard InChI is InChI=1S/C6HF5N/c7-1-2(8)4(10)6(12)5(11)3(1)9/h12H. The number of hydrogen-bond donors (Lipinski definition) is 0. The molecule has 65 valence electrons. The van der Waals surface area contributed by atoms with Crippen molar-refractivity contribution in [3.05, 3.63) is 29.1 Å². The zero-order chi connectivity index (χ0) is 9.46. The fourth-order valence-electron chi connectivity index (χ4n) is 0.605. The van der Waals surface area contributed by atoms with Gasteiger partial charge in [0.15, 0.2) is 23.3 Å². The minimum Gasteiger partial charge on any atom is -0.295 e. The normalized spacial score (nSPS) is 10.4. The summed E-state index contributed by atoms with van der Waals surface area (Å²) in [7, 11) is 0. The Morgan fingerprint density at radius 2 is 0.833 bits per heavy atom. The van der Waals surface area contributed by atoms with Gasteiger partial charge in [-0.2, -0.15) is 0 Å². The van der Waals surface area contributed by atoms with E-state index in [0.29, 0.717) is 0 Å². The minimum atomic E-state index is -2.25. The predicted octanol–water partition coefficient (Wildman–Crippen LogP) is 2.30. The molecule has 0 aliphatic carbocycles. The van der Waals surface area contributed by atoms with E-state index in [4.69, 9.17) is 5.73 Å². The summed E-state index contributed by atoms with van der Waals surface area (Å²) in [5.41, 5.74) is 4.81. The Balaban J connectivity index is 3.60. The molecular formula is C6HF5N. The van der Waals surface area contributed by atoms with Crippen molar-refractivity contribution in [2.75, 3.05) is 0 Å². The van der Waals surface area contributed by atoms with Gasteiger partial charge in [0, 0.05) is 0 Å². The topological polar surface area (TPSA) is 23.8 Å². The Kier molecular flexibility index (Phi) is 1.91. The minimum absolute atomic E-state index is 1.62. The largest absolute Gasteiger partial charge is 0.295 e. The molecule has 0 amide bonds. The van der Waals surface area contributed by atoms with Crippen molar-refractivity contribution in [1.82, 2.24) is 5.73 Å². The van der Waals surface area contributed by atoms with E-state index in [9.17, 15) is 22.0 Å². The van der Waals surface area contributed by atoms with Crippen LogP contribution < -0.4 is 5.73 Å². The van der Waals surface area contributed by atoms with Crippen molar-refractivity contribution in [3.8, 4) is 0 Å². The second kappa shape index (κ2) is 2.62. The molecular weight excluding hydrogens is 181 g/mol. The molecule has 1 N–H and O–H groups in total. The fraction of sp³-hybridized carbons (Fsp3) is 0. The lowest BCUT2D eigenvalue weighted by Gasteiger charge is -2.01. The van der Waals surface area contributed by atoms with Crippen LogP contribution in [0.25, 0.3) is 0 Å². The lowest BCUT2D eigenvalue weighted by molar-refractivity contribution is 0.380. The van der Waals surface area contributed by atoms with E-state index < -0.39 is 34.8 Å². The molecule has 0 fully saturated rings. The fourth-order valence-corrected chi connectivity index (χ4v) is 0.605. The molecule has 0 aromatic heterocycles. The van der Waals surface area contributed by atoms with E-state index in [1.807, 2.05) is 0 Å². The maximum absolute atomic E-state index is 12.2. The zero-order valence-electron chi connectivity index (χ0n) is 5.39. The summed E-state index contributed by atoms with van der Waals surface area (Å²) >= 11 is 0. The predicted molar refractivity (Wildman–Crippen MR) is 29.0 cm³/mol. The molecule has 0 aliphatic rings. The van der Waals surface area contributed by atoms with Crippen molar-refractivity contribution in [1.29, 1.82) is 0 Å². The number of benzene rings is 1. The van der Waals surface area contributed by atoms with Crippen LogP contribution >= 0.6 is 0 Å². The molecule has 1 nitrogen and oxygen atoms in total. The van der Waals surface area contributed by atoms with Gasteiger partial charge in [-0.25, -0.2) is 22.0 Å². The van der Waals surface area contributed by atoms with Crippen molar-refractivity contribution in [3.63, 3.8) is 0 Å². The smallest absolute Gasteiger partial charge is 0.200 e. The third kappa shape index (κ3) is 0.992. The Hall–Kier alpha value is -1.33. The molecule has 0 saturated carbocycles. The zero-order valence-corrected chi connectivity index (χ0v) is 5.39. The Morgan fingerprint density at radius 3 is 1.17 bits per heavy atom. The molecule has 1 aromatic rings. The summed E-state index contributed by atoms with van der Waals surface area (Å²) in [5, 5.41) is 0. The Morgan fingerprint density at radius 1 is 0.583 bits per heavy atom. The van der Waals surface area contributed by atoms with Crippen LogP contribution in [0.3, 0.4) is 0 Å². The Bertz CT molecular complexity index is 230. The van der Waals surface area contributed by atoms with Gasteiger partial charge in [0.1, 0.15) is 5.69 Å². The molecule has 1 radical (unpaired) electrons. The van der Waals surface area contributed by atoms with E-state index in [1.165, 1.54) is 0 Å². The average Bonchev–Trinajstić information content (AvgIpc) is 2.08. The number of halogens is 5. The van der Waals surface area contributed by atoms with Gasteiger partial charge in [0.2, 0.25) is 5.82 Å². The van der Waals surface area contributed by atoms with E-state index in [-0.39, 0.29) is 0 Å². The van der Waals surface area contributed by atoms with Gasteiger partial charge in [-0.15, -0.1) is 0 Å². The number of hydrogen-bond acceptors (Lipinski definition) is 0. The average molecular weight is 182 g/mol. The maximum atomic E-state index is 12.2. The maximum Gasteiger partial charge on any atom is 0.200 e. The summed E-state index contributed by atoms with van der Waals surface area (Å²) < 4.78 is 60.9. The van der Waals surface area contributed by atoms with Crippen LogP contribution in [0.4, 0.5) is 27.6 Å². The molecule has 1 rings (SSSR count). The van der Waals surface area contributed by atoms with Gasteiger partial charge in [-0.1, -0.05) is 0 Å². The highest BCUT2D eigenvalue weighted by Gasteiger charge is 2.23. The highest BCUT2D eigenvalue weighted by atomic mass is 19.2. The van der Waals surface area contributed by atoms with Crippen molar-refractivity contribution in [2.45, 2.75) is 0 Å². The van der Waals surface area contributed by atoms with Crippen LogP contribution in [0, 0.1) is 29.1 Å². The number of nitrogens with one attached hydrogen (secondary N) is 1. The molecule has 0 unspecified atom stereocenters. The molecule has 6 heteroatoms. The van der Waals surface area contributed by atoms with E-state index in [0.717, 1.165) is 0 Å². The molecule has 1 aromatic carbocycles. The van der Waals surface area contributed by atoms with Crippen LogP contribution in [0.2, 0.25) is 0 Å². The molecule has 0 heterocycles. The van der Waals surface area contributed by atoms with Crippen LogP contribution in [0.1, 0.15) is 0 Å². The van der Waals surface area contributed by atoms with Crippen LogP contribution in [-0.2, 0) is 0 Å². The Labute approximate surface area is 63.6 Å². The van der Waals surface area contributed by atoms with Crippen molar-refractivity contribution in [2.24, 2.45) is 0 Å². The number of rotatable bonds is 0. The molecule has 0 atom stereocenters. The van der Waals surface area contributed by atoms with Gasteiger partial charge >= 0.3 is 0 Å². The molecule has 12 heavy (non-hydrogen) atoms. The van der Waals surface area contributed by atoms with E-state index in [1.54, 1.807) is 0 Å². The van der Waals surface area contributed by atoms with Crippen molar-refractivity contribution >= 4 is 5.69 Å². The van der Waals surface area contributed by atoms with E-state index >= 15 is 0 Å². The monoisotopic (exact) mass is 182 g/mol. The molecule has 0 aliphatic heterocycles. The summed E-state index contributed by atoms with van der Waals surface area (Å²) in [5.74, 6) is -10.7. The highest BCUT2D eigenvalue weighted by Crippen LogP contribution is 2.25. The summed E-state index contributed by atoms with van der Waals surface area (Å²) in [6.45, 7) is 0. The quantitative estimate of drug-likeness (QED) is 0.334. The first-order valence-electron chi connectivity index (χ1n) is 2.69. The lowest BCUT2D eigenvalue weighted by Crippen LogP contribution is -2.01. The van der Waals surface area contributed by atoms with Gasteiger partial charge in [0.05, 0.1) is 0 Å². The first-order chi connectivity index (χ1) is 5.46. The van der Waals surface area contributed by atoms with Gasteiger partial charge in [0.25, 0.3) is 0 Å². The lowest BCUT2D eigenvalue weighted by atomic mass is 10.2. The molecule has 0 spiro atoms. The molecule has 0 saturated heterocycles. The summed E-state index contributed by atoms with van der Waals surface area (Å²) in [6.07, 6.45) is 0.